The number of aromatic carboxylic acids is 1. The fraction of sp³-hybridized carbons (Fsp3) is 0.0909. The van der Waals surface area contributed by atoms with Crippen molar-refractivity contribution in [3.63, 3.8) is 0 Å². The third-order valence-electron chi connectivity index (χ3n) is 2.23. The van der Waals surface area contributed by atoms with E-state index in [0.717, 1.165) is 11.3 Å². The Bertz CT molecular complexity index is 549. The average Bonchev–Trinajstić information content (AvgIpc) is 2.70. The van der Waals surface area contributed by atoms with Gasteiger partial charge in [-0.1, -0.05) is 17.7 Å². The number of hydrogen-bond donors (Lipinski definition) is 1. The second-order valence-corrected chi connectivity index (χ2v) is 3.82. The minimum Gasteiger partial charge on any atom is -0.476 e. The van der Waals surface area contributed by atoms with Gasteiger partial charge in [0.05, 0.1) is 5.69 Å². The highest BCUT2D eigenvalue weighted by molar-refractivity contribution is 6.30. The zero-order valence-corrected chi connectivity index (χ0v) is 9.27. The van der Waals surface area contributed by atoms with Gasteiger partial charge in [-0.3, -0.25) is 0 Å². The first-order chi connectivity index (χ1) is 7.58. The fourth-order valence-electron chi connectivity index (χ4n) is 1.40. The van der Waals surface area contributed by atoms with Crippen LogP contribution >= 0.6 is 11.6 Å². The van der Waals surface area contributed by atoms with Gasteiger partial charge in [-0.15, -0.1) is 0 Å². The Morgan fingerprint density at radius 3 is 2.81 bits per heavy atom. The molecule has 1 aromatic carbocycles. The van der Waals surface area contributed by atoms with Crippen molar-refractivity contribution in [2.75, 3.05) is 0 Å². The molecule has 1 heterocycles. The van der Waals surface area contributed by atoms with E-state index in [4.69, 9.17) is 16.7 Å². The smallest absolute Gasteiger partial charge is 0.356 e. The largest absolute Gasteiger partial charge is 0.476 e. The van der Waals surface area contributed by atoms with Crippen LogP contribution in [0, 0.1) is 6.92 Å². The van der Waals surface area contributed by atoms with E-state index in [-0.39, 0.29) is 5.69 Å². The van der Waals surface area contributed by atoms with Crippen molar-refractivity contribution in [3.05, 3.63) is 46.7 Å². The highest BCUT2D eigenvalue weighted by Gasteiger charge is 2.09. The summed E-state index contributed by atoms with van der Waals surface area (Å²) in [5, 5.41) is 13.3. The van der Waals surface area contributed by atoms with Gasteiger partial charge >= 0.3 is 5.97 Å². The predicted molar refractivity (Wildman–Crippen MR) is 60.3 cm³/mol. The van der Waals surface area contributed by atoms with E-state index in [9.17, 15) is 4.79 Å². The summed E-state index contributed by atoms with van der Waals surface area (Å²) in [4.78, 5) is 10.7. The number of nitrogens with zero attached hydrogens (tertiary/aromatic N) is 2. The van der Waals surface area contributed by atoms with Crippen LogP contribution in [-0.4, -0.2) is 20.9 Å². The Labute approximate surface area is 97.1 Å². The van der Waals surface area contributed by atoms with Gasteiger partial charge in [0.15, 0.2) is 5.69 Å². The summed E-state index contributed by atoms with van der Waals surface area (Å²) >= 11 is 5.88. The molecular weight excluding hydrogens is 228 g/mol. The van der Waals surface area contributed by atoms with Crippen molar-refractivity contribution in [1.29, 1.82) is 0 Å². The van der Waals surface area contributed by atoms with Gasteiger partial charge in [0.2, 0.25) is 0 Å². The molecule has 0 aliphatic carbocycles. The molecular formula is C11H9ClN2O2. The molecule has 0 bridgehead atoms. The van der Waals surface area contributed by atoms with Crippen LogP contribution in [0.15, 0.2) is 30.5 Å². The topological polar surface area (TPSA) is 55.1 Å². The number of aryl methyl sites for hydroxylation is 1. The van der Waals surface area contributed by atoms with E-state index in [1.165, 1.54) is 10.7 Å². The zero-order valence-electron chi connectivity index (χ0n) is 8.51. The van der Waals surface area contributed by atoms with Gasteiger partial charge in [-0.05, 0) is 30.7 Å². The number of carboxylic acids is 1. The van der Waals surface area contributed by atoms with Gasteiger partial charge in [0, 0.05) is 11.2 Å². The quantitative estimate of drug-likeness (QED) is 0.872. The van der Waals surface area contributed by atoms with E-state index in [1.54, 1.807) is 18.3 Å². The molecule has 1 N–H and O–H groups in total. The lowest BCUT2D eigenvalue weighted by molar-refractivity contribution is 0.0690. The Hall–Kier alpha value is -1.81. The second kappa shape index (κ2) is 3.98. The average molecular weight is 237 g/mol. The summed E-state index contributed by atoms with van der Waals surface area (Å²) in [6, 6.07) is 6.83. The van der Waals surface area contributed by atoms with Crippen LogP contribution in [-0.2, 0) is 0 Å². The van der Waals surface area contributed by atoms with Gasteiger partial charge in [0.1, 0.15) is 0 Å². The lowest BCUT2D eigenvalue weighted by atomic mass is 10.2. The van der Waals surface area contributed by atoms with Gasteiger partial charge in [0.25, 0.3) is 0 Å². The first-order valence-corrected chi connectivity index (χ1v) is 5.01. The molecule has 2 aromatic rings. The highest BCUT2D eigenvalue weighted by Crippen LogP contribution is 2.18. The van der Waals surface area contributed by atoms with Crippen LogP contribution in [0.25, 0.3) is 5.69 Å². The Balaban J connectivity index is 2.50. The molecule has 0 fully saturated rings. The molecule has 16 heavy (non-hydrogen) atoms. The van der Waals surface area contributed by atoms with Crippen molar-refractivity contribution < 1.29 is 9.90 Å². The Morgan fingerprint density at radius 1 is 1.44 bits per heavy atom. The molecule has 0 saturated carbocycles. The molecule has 0 atom stereocenters. The Kier molecular flexibility index (Phi) is 2.66. The predicted octanol–water partition coefficient (Wildman–Crippen LogP) is 2.53. The lowest BCUT2D eigenvalue weighted by Crippen LogP contribution is -2.02. The number of hydrogen-bond acceptors (Lipinski definition) is 2. The van der Waals surface area contributed by atoms with Crippen LogP contribution in [0.5, 0.6) is 0 Å². The molecule has 0 unspecified atom stereocenters. The summed E-state index contributed by atoms with van der Waals surface area (Å²) < 4.78 is 1.50. The maximum absolute atomic E-state index is 10.7. The maximum Gasteiger partial charge on any atom is 0.356 e. The molecule has 0 saturated heterocycles. The van der Waals surface area contributed by atoms with E-state index in [0.29, 0.717) is 5.02 Å². The SMILES string of the molecule is Cc1ccc(Cl)cc1-n1ccc(C(=O)O)n1. The van der Waals surface area contributed by atoms with Crippen molar-refractivity contribution in [1.82, 2.24) is 9.78 Å². The number of rotatable bonds is 2. The zero-order chi connectivity index (χ0) is 11.7. The van der Waals surface area contributed by atoms with Crippen molar-refractivity contribution in [3.8, 4) is 5.69 Å². The third kappa shape index (κ3) is 1.92. The van der Waals surface area contributed by atoms with Crippen LogP contribution in [0.2, 0.25) is 5.02 Å². The summed E-state index contributed by atoms with van der Waals surface area (Å²) in [6.07, 6.45) is 1.60. The van der Waals surface area contributed by atoms with Crippen LogP contribution in [0.3, 0.4) is 0 Å². The molecule has 0 amide bonds. The number of halogens is 1. The van der Waals surface area contributed by atoms with Gasteiger partial charge in [-0.25, -0.2) is 9.48 Å². The monoisotopic (exact) mass is 236 g/mol. The van der Waals surface area contributed by atoms with Crippen LogP contribution < -0.4 is 0 Å². The second-order valence-electron chi connectivity index (χ2n) is 3.38. The normalized spacial score (nSPS) is 10.4. The molecule has 2 rings (SSSR count). The fourth-order valence-corrected chi connectivity index (χ4v) is 1.57. The summed E-state index contributed by atoms with van der Waals surface area (Å²) in [5.74, 6) is -1.04. The molecule has 82 valence electrons. The summed E-state index contributed by atoms with van der Waals surface area (Å²) in [6.45, 7) is 1.91. The van der Waals surface area contributed by atoms with Gasteiger partial charge in [-0.2, -0.15) is 5.10 Å². The molecule has 0 spiro atoms. The maximum atomic E-state index is 10.7. The highest BCUT2D eigenvalue weighted by atomic mass is 35.5. The lowest BCUT2D eigenvalue weighted by Gasteiger charge is -2.05. The van der Waals surface area contributed by atoms with E-state index in [1.807, 2.05) is 13.0 Å². The first-order valence-electron chi connectivity index (χ1n) is 4.63. The molecule has 0 aliphatic rings. The van der Waals surface area contributed by atoms with Crippen LogP contribution in [0.4, 0.5) is 0 Å². The number of benzene rings is 1. The van der Waals surface area contributed by atoms with Gasteiger partial charge < -0.3 is 5.11 Å². The minimum atomic E-state index is -1.04. The van der Waals surface area contributed by atoms with Crippen molar-refractivity contribution in [2.24, 2.45) is 0 Å². The summed E-state index contributed by atoms with van der Waals surface area (Å²) in [5.41, 5.74) is 1.77. The molecule has 5 heteroatoms. The molecule has 0 aliphatic heterocycles. The number of carboxylic acid groups (broad SMARTS) is 1. The summed E-state index contributed by atoms with van der Waals surface area (Å²) in [7, 11) is 0. The van der Waals surface area contributed by atoms with Crippen molar-refractivity contribution >= 4 is 17.6 Å². The molecule has 1 aromatic heterocycles. The van der Waals surface area contributed by atoms with Crippen molar-refractivity contribution in [2.45, 2.75) is 6.92 Å². The van der Waals surface area contributed by atoms with E-state index >= 15 is 0 Å². The first kappa shape index (κ1) is 10.7. The molecule has 4 nitrogen and oxygen atoms in total. The number of aromatic nitrogens is 2. The van der Waals surface area contributed by atoms with E-state index in [2.05, 4.69) is 5.10 Å². The molecule has 0 radical (unpaired) electrons. The van der Waals surface area contributed by atoms with Crippen LogP contribution in [0.1, 0.15) is 16.1 Å². The minimum absolute atomic E-state index is 0.0133. The third-order valence-corrected chi connectivity index (χ3v) is 2.46. The Morgan fingerprint density at radius 2 is 2.19 bits per heavy atom. The van der Waals surface area contributed by atoms with E-state index < -0.39 is 5.97 Å². The standard InChI is InChI=1S/C11H9ClN2O2/c1-7-2-3-8(12)6-10(7)14-5-4-9(13-14)11(15)16/h2-6H,1H3,(H,15,16). The number of carbonyl (C=O) groups is 1.